The monoisotopic (exact) mass is 442 g/mol. The van der Waals surface area contributed by atoms with Crippen LogP contribution in [0.2, 0.25) is 0 Å². The molecule has 2 saturated heterocycles. The van der Waals surface area contributed by atoms with Crippen molar-refractivity contribution in [2.75, 3.05) is 26.2 Å². The summed E-state index contributed by atoms with van der Waals surface area (Å²) < 4.78 is 0. The predicted octanol–water partition coefficient (Wildman–Crippen LogP) is 3.33. The van der Waals surface area contributed by atoms with Gasteiger partial charge in [0.2, 0.25) is 5.91 Å². The summed E-state index contributed by atoms with van der Waals surface area (Å²) in [7, 11) is 0. The van der Waals surface area contributed by atoms with Gasteiger partial charge in [-0.2, -0.15) is 0 Å². The fourth-order valence-corrected chi connectivity index (χ4v) is 4.57. The molecule has 2 aliphatic rings. The van der Waals surface area contributed by atoms with Gasteiger partial charge < -0.3 is 20.4 Å². The zero-order chi connectivity index (χ0) is 23.3. The molecule has 176 valence electrons. The number of hydrogen-bond acceptors (Lipinski definition) is 3. The van der Waals surface area contributed by atoms with Crippen LogP contribution in [0.5, 0.6) is 0 Å². The van der Waals surface area contributed by atoms with Crippen LogP contribution < -0.4 is 10.6 Å². The Balaban J connectivity index is 1.71. The molecule has 0 aliphatic carbocycles. The van der Waals surface area contributed by atoms with Crippen molar-refractivity contribution in [3.63, 3.8) is 0 Å². The second kappa shape index (κ2) is 10.4. The molecule has 0 spiro atoms. The van der Waals surface area contributed by atoms with Crippen molar-refractivity contribution in [1.29, 1.82) is 0 Å². The van der Waals surface area contributed by atoms with Gasteiger partial charge in [-0.25, -0.2) is 4.79 Å². The number of carbonyl (C=O) groups excluding carboxylic acids is 3. The van der Waals surface area contributed by atoms with Crippen molar-refractivity contribution in [2.45, 2.75) is 71.4 Å². The lowest BCUT2D eigenvalue weighted by Crippen LogP contribution is -2.57. The topological polar surface area (TPSA) is 81.8 Å². The standard InChI is InChI=1S/C25H38N4O3/c1-18-10-6-7-11-20(18)22(30)26-21(23(31)28-14-8-5-9-15-28)19-12-16-29(17-13-19)24(32)27-25(2,3)4/h6-7,10-11,19,21H,5,8-9,12-17H2,1-4H3,(H,26,30)(H,27,32). The molecule has 1 aromatic carbocycles. The molecule has 2 aliphatic heterocycles. The third-order valence-corrected chi connectivity index (χ3v) is 6.39. The van der Waals surface area contributed by atoms with E-state index in [1.54, 1.807) is 6.07 Å². The average molecular weight is 443 g/mol. The number of urea groups is 1. The number of likely N-dealkylation sites (tertiary alicyclic amines) is 2. The van der Waals surface area contributed by atoms with Gasteiger partial charge in [0.1, 0.15) is 6.04 Å². The maximum Gasteiger partial charge on any atom is 0.317 e. The van der Waals surface area contributed by atoms with E-state index in [9.17, 15) is 14.4 Å². The van der Waals surface area contributed by atoms with Crippen LogP contribution in [0.15, 0.2) is 24.3 Å². The predicted molar refractivity (Wildman–Crippen MR) is 125 cm³/mol. The molecule has 4 amide bonds. The van der Waals surface area contributed by atoms with Crippen molar-refractivity contribution < 1.29 is 14.4 Å². The van der Waals surface area contributed by atoms with E-state index < -0.39 is 6.04 Å². The quantitative estimate of drug-likeness (QED) is 0.750. The van der Waals surface area contributed by atoms with Gasteiger partial charge in [-0.3, -0.25) is 9.59 Å². The van der Waals surface area contributed by atoms with Crippen LogP contribution in [0.1, 0.15) is 68.8 Å². The minimum Gasteiger partial charge on any atom is -0.341 e. The molecule has 2 heterocycles. The summed E-state index contributed by atoms with van der Waals surface area (Å²) in [4.78, 5) is 42.8. The molecule has 1 unspecified atom stereocenters. The second-order valence-corrected chi connectivity index (χ2v) is 10.2. The number of hydrogen-bond donors (Lipinski definition) is 2. The second-order valence-electron chi connectivity index (χ2n) is 10.2. The fraction of sp³-hybridized carbons (Fsp3) is 0.640. The van der Waals surface area contributed by atoms with Gasteiger partial charge in [-0.1, -0.05) is 18.2 Å². The van der Waals surface area contributed by atoms with Crippen LogP contribution in [-0.4, -0.2) is 65.4 Å². The average Bonchev–Trinajstić information content (AvgIpc) is 2.77. The number of rotatable bonds is 4. The van der Waals surface area contributed by atoms with Crippen LogP contribution in [0.3, 0.4) is 0 Å². The number of aryl methyl sites for hydroxylation is 1. The molecule has 1 atom stereocenters. The van der Waals surface area contributed by atoms with E-state index in [1.165, 1.54) is 0 Å². The van der Waals surface area contributed by atoms with E-state index in [0.29, 0.717) is 31.5 Å². The summed E-state index contributed by atoms with van der Waals surface area (Å²) in [6, 6.07) is 6.82. The number of nitrogens with zero attached hydrogens (tertiary/aromatic N) is 2. The van der Waals surface area contributed by atoms with Gasteiger partial charge in [0.25, 0.3) is 5.91 Å². The van der Waals surface area contributed by atoms with E-state index in [-0.39, 0.29) is 29.3 Å². The first kappa shape index (κ1) is 24.1. The Morgan fingerprint density at radius 3 is 2.16 bits per heavy atom. The minimum absolute atomic E-state index is 0.0103. The van der Waals surface area contributed by atoms with Crippen LogP contribution in [0.25, 0.3) is 0 Å². The summed E-state index contributed by atoms with van der Waals surface area (Å²) in [6.07, 6.45) is 4.54. The molecule has 32 heavy (non-hydrogen) atoms. The van der Waals surface area contributed by atoms with E-state index in [4.69, 9.17) is 0 Å². The highest BCUT2D eigenvalue weighted by atomic mass is 16.2. The molecular weight excluding hydrogens is 404 g/mol. The molecule has 7 heteroatoms. The van der Waals surface area contributed by atoms with E-state index in [0.717, 1.165) is 37.9 Å². The first-order valence-electron chi connectivity index (χ1n) is 11.9. The van der Waals surface area contributed by atoms with E-state index in [1.807, 2.05) is 55.7 Å². The Kier molecular flexibility index (Phi) is 7.80. The Hall–Kier alpha value is -2.57. The number of benzene rings is 1. The number of nitrogens with one attached hydrogen (secondary N) is 2. The highest BCUT2D eigenvalue weighted by Gasteiger charge is 2.37. The summed E-state index contributed by atoms with van der Waals surface area (Å²) >= 11 is 0. The van der Waals surface area contributed by atoms with Crippen molar-refractivity contribution in [2.24, 2.45) is 5.92 Å². The lowest BCUT2D eigenvalue weighted by atomic mass is 9.87. The third kappa shape index (κ3) is 6.24. The van der Waals surface area contributed by atoms with Gasteiger partial charge in [-0.05, 0) is 77.3 Å². The van der Waals surface area contributed by atoms with Crippen LogP contribution in [-0.2, 0) is 4.79 Å². The van der Waals surface area contributed by atoms with Crippen LogP contribution in [0, 0.1) is 12.8 Å². The van der Waals surface area contributed by atoms with Crippen molar-refractivity contribution >= 4 is 17.8 Å². The smallest absolute Gasteiger partial charge is 0.317 e. The fourth-order valence-electron chi connectivity index (χ4n) is 4.57. The van der Waals surface area contributed by atoms with Gasteiger partial charge >= 0.3 is 6.03 Å². The number of carbonyl (C=O) groups is 3. The maximum absolute atomic E-state index is 13.5. The number of piperidine rings is 2. The maximum atomic E-state index is 13.5. The van der Waals surface area contributed by atoms with Crippen molar-refractivity contribution in [3.05, 3.63) is 35.4 Å². The van der Waals surface area contributed by atoms with Gasteiger partial charge in [0.05, 0.1) is 0 Å². The molecule has 0 aromatic heterocycles. The normalized spacial score (nSPS) is 18.8. The molecule has 2 N–H and O–H groups in total. The molecule has 0 bridgehead atoms. The zero-order valence-corrected chi connectivity index (χ0v) is 19.9. The lowest BCUT2D eigenvalue weighted by Gasteiger charge is -2.39. The zero-order valence-electron chi connectivity index (χ0n) is 19.9. The molecule has 2 fully saturated rings. The third-order valence-electron chi connectivity index (χ3n) is 6.39. The van der Waals surface area contributed by atoms with Gasteiger partial charge in [-0.15, -0.1) is 0 Å². The first-order valence-corrected chi connectivity index (χ1v) is 11.9. The Labute approximate surface area is 191 Å². The molecule has 0 saturated carbocycles. The van der Waals surface area contributed by atoms with Gasteiger partial charge in [0, 0.05) is 37.3 Å². The molecule has 7 nitrogen and oxygen atoms in total. The first-order chi connectivity index (χ1) is 15.2. The number of amides is 4. The molecule has 3 rings (SSSR count). The molecule has 1 aromatic rings. The highest BCUT2D eigenvalue weighted by molar-refractivity contribution is 5.98. The molecular formula is C25H38N4O3. The lowest BCUT2D eigenvalue weighted by molar-refractivity contribution is -0.136. The van der Waals surface area contributed by atoms with Crippen molar-refractivity contribution in [3.8, 4) is 0 Å². The summed E-state index contributed by atoms with van der Waals surface area (Å²) in [6.45, 7) is 10.5. The highest BCUT2D eigenvalue weighted by Crippen LogP contribution is 2.24. The van der Waals surface area contributed by atoms with Crippen molar-refractivity contribution in [1.82, 2.24) is 20.4 Å². The Bertz CT molecular complexity index is 819. The Morgan fingerprint density at radius 1 is 0.938 bits per heavy atom. The molecule has 0 radical (unpaired) electrons. The largest absolute Gasteiger partial charge is 0.341 e. The van der Waals surface area contributed by atoms with E-state index in [2.05, 4.69) is 10.6 Å². The van der Waals surface area contributed by atoms with Gasteiger partial charge in [0.15, 0.2) is 0 Å². The minimum atomic E-state index is -0.562. The van der Waals surface area contributed by atoms with Crippen LogP contribution >= 0.6 is 0 Å². The summed E-state index contributed by atoms with van der Waals surface area (Å²) in [5, 5.41) is 6.08. The van der Waals surface area contributed by atoms with Crippen LogP contribution in [0.4, 0.5) is 4.79 Å². The summed E-state index contributed by atoms with van der Waals surface area (Å²) in [5.41, 5.74) is 1.20. The SMILES string of the molecule is Cc1ccccc1C(=O)NC(C(=O)N1CCCCC1)C1CCN(C(=O)NC(C)(C)C)CC1. The Morgan fingerprint density at radius 2 is 1.56 bits per heavy atom. The van der Waals surface area contributed by atoms with E-state index >= 15 is 0 Å². The summed E-state index contributed by atoms with van der Waals surface area (Å²) in [5.74, 6) is -0.174.